The molecule has 1 fully saturated rings. The van der Waals surface area contributed by atoms with Gasteiger partial charge in [0, 0.05) is 37.9 Å². The highest BCUT2D eigenvalue weighted by Crippen LogP contribution is 2.28. The number of rotatable bonds is 10. The van der Waals surface area contributed by atoms with Crippen LogP contribution in [0.5, 0.6) is 0 Å². The second-order valence-corrected chi connectivity index (χ2v) is 9.15. The summed E-state index contributed by atoms with van der Waals surface area (Å²) in [6.45, 7) is 5.20. The average molecular weight is 424 g/mol. The standard InChI is InChI=1S/C26H37N3O2/c1-21(2)29(25(30)16-15-22-10-7-8-11-22)20-26(31)28(18-23-12-5-4-6-13-23)19-24-14-9-17-27(24)3/h4-6,9,12-14,17,21-22H,7-8,10-11,15-16,18-20H2,1-3H3. The summed E-state index contributed by atoms with van der Waals surface area (Å²) in [5, 5.41) is 0. The van der Waals surface area contributed by atoms with Gasteiger partial charge in [-0.15, -0.1) is 0 Å². The van der Waals surface area contributed by atoms with Gasteiger partial charge in [-0.1, -0.05) is 56.0 Å². The van der Waals surface area contributed by atoms with E-state index in [0.29, 0.717) is 25.4 Å². The zero-order chi connectivity index (χ0) is 22.2. The van der Waals surface area contributed by atoms with Crippen molar-refractivity contribution in [1.29, 1.82) is 0 Å². The van der Waals surface area contributed by atoms with Crippen molar-refractivity contribution < 1.29 is 9.59 Å². The van der Waals surface area contributed by atoms with E-state index in [2.05, 4.69) is 0 Å². The lowest BCUT2D eigenvalue weighted by Gasteiger charge is -2.30. The summed E-state index contributed by atoms with van der Waals surface area (Å²) in [4.78, 5) is 30.0. The summed E-state index contributed by atoms with van der Waals surface area (Å²) in [5.41, 5.74) is 2.17. The van der Waals surface area contributed by atoms with Crippen LogP contribution >= 0.6 is 0 Å². The van der Waals surface area contributed by atoms with Crippen molar-refractivity contribution in [2.75, 3.05) is 6.54 Å². The number of benzene rings is 1. The minimum atomic E-state index is -0.00651. The van der Waals surface area contributed by atoms with Gasteiger partial charge in [-0.2, -0.15) is 0 Å². The molecule has 0 aliphatic heterocycles. The maximum Gasteiger partial charge on any atom is 0.242 e. The number of carbonyl (C=O) groups excluding carboxylic acids is 2. The van der Waals surface area contributed by atoms with Crippen molar-refractivity contribution in [2.24, 2.45) is 13.0 Å². The third kappa shape index (κ3) is 6.71. The van der Waals surface area contributed by atoms with Crippen LogP contribution in [0.1, 0.15) is 63.6 Å². The monoisotopic (exact) mass is 423 g/mol. The number of hydrogen-bond acceptors (Lipinski definition) is 2. The first-order chi connectivity index (χ1) is 14.9. The molecule has 5 nitrogen and oxygen atoms in total. The van der Waals surface area contributed by atoms with Gasteiger partial charge in [-0.3, -0.25) is 9.59 Å². The fourth-order valence-corrected chi connectivity index (χ4v) is 4.47. The Bertz CT molecular complexity index is 837. The van der Waals surface area contributed by atoms with Crippen molar-refractivity contribution in [3.05, 3.63) is 59.9 Å². The van der Waals surface area contributed by atoms with Crippen LogP contribution in [0, 0.1) is 5.92 Å². The Morgan fingerprint density at radius 1 is 1.00 bits per heavy atom. The fraction of sp³-hybridized carbons (Fsp3) is 0.538. The van der Waals surface area contributed by atoms with Crippen molar-refractivity contribution in [3.8, 4) is 0 Å². The first kappa shape index (κ1) is 23.1. The first-order valence-electron chi connectivity index (χ1n) is 11.7. The van der Waals surface area contributed by atoms with E-state index in [1.165, 1.54) is 25.7 Å². The van der Waals surface area contributed by atoms with Crippen LogP contribution in [0.2, 0.25) is 0 Å². The molecule has 0 unspecified atom stereocenters. The average Bonchev–Trinajstić information content (AvgIpc) is 3.42. The van der Waals surface area contributed by atoms with Crippen LogP contribution in [-0.2, 0) is 29.7 Å². The van der Waals surface area contributed by atoms with Crippen LogP contribution in [0.25, 0.3) is 0 Å². The van der Waals surface area contributed by atoms with E-state index >= 15 is 0 Å². The summed E-state index contributed by atoms with van der Waals surface area (Å²) in [7, 11) is 1.99. The molecule has 0 radical (unpaired) electrons. The summed E-state index contributed by atoms with van der Waals surface area (Å²) in [6, 6.07) is 14.1. The van der Waals surface area contributed by atoms with Gasteiger partial charge in [0.2, 0.25) is 11.8 Å². The molecule has 1 saturated carbocycles. The van der Waals surface area contributed by atoms with E-state index in [1.54, 1.807) is 4.90 Å². The first-order valence-corrected chi connectivity index (χ1v) is 11.7. The minimum absolute atomic E-state index is 0.00651. The zero-order valence-corrected chi connectivity index (χ0v) is 19.3. The Kier molecular flexibility index (Phi) is 8.33. The maximum absolute atomic E-state index is 13.4. The van der Waals surface area contributed by atoms with E-state index < -0.39 is 0 Å². The molecule has 2 amide bonds. The molecule has 0 spiro atoms. The number of aryl methyl sites for hydroxylation is 1. The topological polar surface area (TPSA) is 45.6 Å². The Balaban J connectivity index is 1.68. The lowest BCUT2D eigenvalue weighted by Crippen LogP contribution is -2.45. The lowest BCUT2D eigenvalue weighted by molar-refractivity contribution is -0.143. The highest BCUT2D eigenvalue weighted by molar-refractivity contribution is 5.85. The van der Waals surface area contributed by atoms with Crippen molar-refractivity contribution in [2.45, 2.75) is 71.5 Å². The van der Waals surface area contributed by atoms with Gasteiger partial charge in [-0.05, 0) is 43.9 Å². The van der Waals surface area contributed by atoms with Crippen molar-refractivity contribution in [1.82, 2.24) is 14.4 Å². The number of carbonyl (C=O) groups is 2. The van der Waals surface area contributed by atoms with E-state index in [0.717, 1.165) is 17.7 Å². The van der Waals surface area contributed by atoms with Crippen LogP contribution in [0.3, 0.4) is 0 Å². The van der Waals surface area contributed by atoms with Gasteiger partial charge in [0.25, 0.3) is 0 Å². The maximum atomic E-state index is 13.4. The molecule has 1 aliphatic carbocycles. The summed E-state index contributed by atoms with van der Waals surface area (Å²) < 4.78 is 2.04. The molecule has 31 heavy (non-hydrogen) atoms. The van der Waals surface area contributed by atoms with Gasteiger partial charge in [-0.25, -0.2) is 0 Å². The number of amides is 2. The molecule has 1 aromatic heterocycles. The molecule has 0 saturated heterocycles. The third-order valence-electron chi connectivity index (χ3n) is 6.46. The minimum Gasteiger partial charge on any atom is -0.353 e. The van der Waals surface area contributed by atoms with Crippen LogP contribution in [0.4, 0.5) is 0 Å². The van der Waals surface area contributed by atoms with E-state index in [-0.39, 0.29) is 24.4 Å². The Labute approximate surface area is 187 Å². The molecule has 3 rings (SSSR count). The van der Waals surface area contributed by atoms with Gasteiger partial charge >= 0.3 is 0 Å². The zero-order valence-electron chi connectivity index (χ0n) is 19.3. The third-order valence-corrected chi connectivity index (χ3v) is 6.46. The second-order valence-electron chi connectivity index (χ2n) is 9.15. The molecule has 0 bridgehead atoms. The van der Waals surface area contributed by atoms with Crippen molar-refractivity contribution in [3.63, 3.8) is 0 Å². The largest absolute Gasteiger partial charge is 0.353 e. The Morgan fingerprint density at radius 2 is 1.71 bits per heavy atom. The second kappa shape index (κ2) is 11.2. The molecule has 1 heterocycles. The molecule has 5 heteroatoms. The molecule has 1 aromatic carbocycles. The highest BCUT2D eigenvalue weighted by atomic mass is 16.2. The molecular weight excluding hydrogens is 386 g/mol. The molecule has 168 valence electrons. The number of aromatic nitrogens is 1. The SMILES string of the molecule is CC(C)N(CC(=O)N(Cc1ccccc1)Cc1cccn1C)C(=O)CCC1CCCC1. The highest BCUT2D eigenvalue weighted by Gasteiger charge is 2.25. The predicted octanol–water partition coefficient (Wildman–Crippen LogP) is 4.76. The summed E-state index contributed by atoms with van der Waals surface area (Å²) >= 11 is 0. The van der Waals surface area contributed by atoms with Crippen LogP contribution in [0.15, 0.2) is 48.7 Å². The molecule has 0 N–H and O–H groups in total. The van der Waals surface area contributed by atoms with E-state index in [1.807, 2.05) is 79.0 Å². The van der Waals surface area contributed by atoms with Crippen molar-refractivity contribution >= 4 is 11.8 Å². The normalized spacial score (nSPS) is 14.2. The van der Waals surface area contributed by atoms with E-state index in [9.17, 15) is 9.59 Å². The number of nitrogens with zero attached hydrogens (tertiary/aromatic N) is 3. The smallest absolute Gasteiger partial charge is 0.242 e. The number of hydrogen-bond donors (Lipinski definition) is 0. The van der Waals surface area contributed by atoms with Gasteiger partial charge in [0.15, 0.2) is 0 Å². The van der Waals surface area contributed by atoms with Crippen LogP contribution in [-0.4, -0.2) is 38.8 Å². The summed E-state index contributed by atoms with van der Waals surface area (Å²) in [5.74, 6) is 0.780. The quantitative estimate of drug-likeness (QED) is 0.553. The summed E-state index contributed by atoms with van der Waals surface area (Å²) in [6.07, 6.45) is 8.57. The fourth-order valence-electron chi connectivity index (χ4n) is 4.47. The Hall–Kier alpha value is -2.56. The molecule has 2 aromatic rings. The van der Waals surface area contributed by atoms with Crippen LogP contribution < -0.4 is 0 Å². The molecule has 0 atom stereocenters. The predicted molar refractivity (Wildman–Crippen MR) is 124 cm³/mol. The van der Waals surface area contributed by atoms with Gasteiger partial charge < -0.3 is 14.4 Å². The Morgan fingerprint density at radius 3 is 2.32 bits per heavy atom. The lowest BCUT2D eigenvalue weighted by atomic mass is 10.0. The van der Waals surface area contributed by atoms with E-state index in [4.69, 9.17) is 0 Å². The molecule has 1 aliphatic rings. The van der Waals surface area contributed by atoms with Gasteiger partial charge in [0.05, 0.1) is 13.1 Å². The van der Waals surface area contributed by atoms with Gasteiger partial charge in [0.1, 0.15) is 0 Å². The molecular formula is C26H37N3O2.